The number of rotatable bonds is 6. The Labute approximate surface area is 192 Å². The van der Waals surface area contributed by atoms with Gasteiger partial charge in [-0.1, -0.05) is 42.3 Å². The molecule has 4 rings (SSSR count). The molecule has 0 fully saturated rings. The summed E-state index contributed by atoms with van der Waals surface area (Å²) in [6.45, 7) is 2.05. The van der Waals surface area contributed by atoms with Crippen LogP contribution >= 0.6 is 23.2 Å². The number of aromatic amines is 1. The smallest absolute Gasteiger partial charge is 0.259 e. The summed E-state index contributed by atoms with van der Waals surface area (Å²) >= 11 is 12.0. The predicted octanol–water partition coefficient (Wildman–Crippen LogP) is 3.97. The van der Waals surface area contributed by atoms with Gasteiger partial charge in [-0.25, -0.2) is 4.52 Å². The Morgan fingerprint density at radius 2 is 1.97 bits per heavy atom. The van der Waals surface area contributed by atoms with Crippen LogP contribution in [0.15, 0.2) is 53.5 Å². The molecule has 32 heavy (non-hydrogen) atoms. The maximum Gasteiger partial charge on any atom is 0.259 e. The number of para-hydroxylation sites is 1. The van der Waals surface area contributed by atoms with Crippen LogP contribution in [0.25, 0.3) is 16.6 Å². The number of carbonyl (C=O) groups is 2. The second kappa shape index (κ2) is 9.02. The van der Waals surface area contributed by atoms with Crippen LogP contribution in [-0.4, -0.2) is 44.4 Å². The zero-order valence-electron chi connectivity index (χ0n) is 17.1. The number of carbonyl (C=O) groups excluding carboxylic acids is 2. The molecule has 2 heterocycles. The molecule has 164 valence electrons. The zero-order chi connectivity index (χ0) is 22.8. The molecule has 0 atom stereocenters. The molecule has 0 saturated heterocycles. The van der Waals surface area contributed by atoms with E-state index >= 15 is 0 Å². The van der Waals surface area contributed by atoms with Gasteiger partial charge in [0, 0.05) is 11.6 Å². The van der Waals surface area contributed by atoms with E-state index in [0.29, 0.717) is 39.6 Å². The number of H-pyrrole nitrogens is 1. The van der Waals surface area contributed by atoms with Gasteiger partial charge in [-0.2, -0.15) is 5.10 Å². The van der Waals surface area contributed by atoms with Gasteiger partial charge in [0.05, 0.1) is 27.8 Å². The average Bonchev–Trinajstić information content (AvgIpc) is 3.19. The van der Waals surface area contributed by atoms with Crippen molar-refractivity contribution >= 4 is 57.3 Å². The number of fused-ring (bicyclic) bond motifs is 3. The van der Waals surface area contributed by atoms with Crippen LogP contribution in [0.4, 0.5) is 5.69 Å². The fraction of sp³-hybridized carbons (Fsp3) is 0.182. The van der Waals surface area contributed by atoms with Crippen LogP contribution in [0.2, 0.25) is 10.0 Å². The summed E-state index contributed by atoms with van der Waals surface area (Å²) in [5.41, 5.74) is 1.15. The van der Waals surface area contributed by atoms with Crippen LogP contribution < -0.4 is 10.9 Å². The molecule has 0 saturated carbocycles. The average molecular weight is 472 g/mol. The fourth-order valence-corrected chi connectivity index (χ4v) is 3.94. The van der Waals surface area contributed by atoms with Gasteiger partial charge in [-0.15, -0.1) is 0 Å². The third-order valence-corrected chi connectivity index (χ3v) is 5.48. The van der Waals surface area contributed by atoms with E-state index in [0.717, 1.165) is 0 Å². The van der Waals surface area contributed by atoms with Gasteiger partial charge in [0.25, 0.3) is 11.5 Å². The van der Waals surface area contributed by atoms with E-state index in [1.807, 2.05) is 6.92 Å². The maximum absolute atomic E-state index is 13.3. The van der Waals surface area contributed by atoms with Crippen LogP contribution in [0.5, 0.6) is 0 Å². The highest BCUT2D eigenvalue weighted by molar-refractivity contribution is 6.36. The Kier molecular flexibility index (Phi) is 6.16. The Morgan fingerprint density at radius 3 is 2.72 bits per heavy atom. The van der Waals surface area contributed by atoms with Crippen LogP contribution in [-0.2, 0) is 4.79 Å². The van der Waals surface area contributed by atoms with Gasteiger partial charge in [0.1, 0.15) is 17.8 Å². The highest BCUT2D eigenvalue weighted by Crippen LogP contribution is 2.25. The number of amides is 2. The summed E-state index contributed by atoms with van der Waals surface area (Å²) in [5, 5.41) is 8.19. The van der Waals surface area contributed by atoms with Crippen molar-refractivity contribution in [2.45, 2.75) is 13.3 Å². The number of hydrogen-bond acceptors (Lipinski definition) is 4. The first-order valence-corrected chi connectivity index (χ1v) is 10.7. The number of nitrogens with zero attached hydrogens (tertiary/aromatic N) is 3. The lowest BCUT2D eigenvalue weighted by molar-refractivity contribution is -0.116. The maximum atomic E-state index is 13.3. The number of halogens is 2. The van der Waals surface area contributed by atoms with Gasteiger partial charge in [0.15, 0.2) is 0 Å². The van der Waals surface area contributed by atoms with Crippen molar-refractivity contribution in [3.8, 4) is 0 Å². The topological polar surface area (TPSA) is 99.6 Å². The molecule has 0 unspecified atom stereocenters. The van der Waals surface area contributed by atoms with Crippen molar-refractivity contribution in [3.63, 3.8) is 0 Å². The highest BCUT2D eigenvalue weighted by Gasteiger charge is 2.23. The molecular weight excluding hydrogens is 453 g/mol. The van der Waals surface area contributed by atoms with Crippen LogP contribution in [0, 0.1) is 0 Å². The van der Waals surface area contributed by atoms with Crippen molar-refractivity contribution < 1.29 is 9.59 Å². The molecule has 0 radical (unpaired) electrons. The van der Waals surface area contributed by atoms with E-state index < -0.39 is 11.8 Å². The highest BCUT2D eigenvalue weighted by atomic mass is 35.5. The number of anilines is 1. The molecule has 2 aromatic carbocycles. The molecule has 8 nitrogen and oxygen atoms in total. The number of nitrogens with one attached hydrogen (secondary N) is 2. The van der Waals surface area contributed by atoms with Gasteiger partial charge in [0.2, 0.25) is 5.91 Å². The normalized spacial score (nSPS) is 11.1. The predicted molar refractivity (Wildman–Crippen MR) is 125 cm³/mol. The van der Waals surface area contributed by atoms with Crippen molar-refractivity contribution in [2.24, 2.45) is 0 Å². The minimum atomic E-state index is -0.412. The van der Waals surface area contributed by atoms with Crippen molar-refractivity contribution in [1.82, 2.24) is 19.5 Å². The summed E-state index contributed by atoms with van der Waals surface area (Å²) in [4.78, 5) is 42.5. The first kappa shape index (κ1) is 21.9. The summed E-state index contributed by atoms with van der Waals surface area (Å²) in [6, 6.07) is 11.7. The Hall–Kier alpha value is -3.36. The molecule has 4 aromatic rings. The second-order valence-corrected chi connectivity index (χ2v) is 8.03. The molecular formula is C22H19Cl2N5O3. The summed E-state index contributed by atoms with van der Waals surface area (Å²) < 4.78 is 1.52. The van der Waals surface area contributed by atoms with Crippen molar-refractivity contribution in [3.05, 3.63) is 74.6 Å². The molecule has 0 spiro atoms. The minimum absolute atomic E-state index is 0.194. The molecule has 2 aromatic heterocycles. The third kappa shape index (κ3) is 4.19. The van der Waals surface area contributed by atoms with Gasteiger partial charge < -0.3 is 15.2 Å². The quantitative estimate of drug-likeness (QED) is 0.444. The second-order valence-electron chi connectivity index (χ2n) is 7.19. The van der Waals surface area contributed by atoms with E-state index in [1.165, 1.54) is 21.7 Å². The molecule has 0 aliphatic carbocycles. The lowest BCUT2D eigenvalue weighted by atomic mass is 10.2. The van der Waals surface area contributed by atoms with E-state index in [1.54, 1.807) is 36.4 Å². The van der Waals surface area contributed by atoms with Crippen LogP contribution in [0.1, 0.15) is 23.7 Å². The monoisotopic (exact) mass is 471 g/mol. The van der Waals surface area contributed by atoms with E-state index in [9.17, 15) is 14.4 Å². The minimum Gasteiger partial charge on any atom is -0.329 e. The van der Waals surface area contributed by atoms with Crippen molar-refractivity contribution in [1.29, 1.82) is 0 Å². The van der Waals surface area contributed by atoms with Crippen LogP contribution in [0.3, 0.4) is 0 Å². The standard InChI is InChI=1S/C22H19Cl2N5O3/c1-2-9-28(12-19(30)26-17-8-7-13(23)10-16(17)24)22(32)15-11-25-29-18-6-4-3-5-14(18)21(31)27-20(15)29/h3-8,10-11H,2,9,12H2,1H3,(H,26,30)(H,27,31). The third-order valence-electron chi connectivity index (χ3n) is 4.93. The summed E-state index contributed by atoms with van der Waals surface area (Å²) in [5.74, 6) is -0.823. The lowest BCUT2D eigenvalue weighted by Crippen LogP contribution is -2.38. The van der Waals surface area contributed by atoms with Crippen molar-refractivity contribution in [2.75, 3.05) is 18.4 Å². The summed E-state index contributed by atoms with van der Waals surface area (Å²) in [6.07, 6.45) is 2.04. The van der Waals surface area contributed by atoms with Gasteiger partial charge in [-0.3, -0.25) is 14.4 Å². The number of benzene rings is 2. The molecule has 10 heteroatoms. The molecule has 2 N–H and O–H groups in total. The van der Waals surface area contributed by atoms with E-state index in [-0.39, 0.29) is 23.3 Å². The van der Waals surface area contributed by atoms with Gasteiger partial charge >= 0.3 is 0 Å². The Balaban J connectivity index is 1.62. The van der Waals surface area contributed by atoms with Gasteiger partial charge in [-0.05, 0) is 36.8 Å². The molecule has 0 bridgehead atoms. The number of hydrogen-bond donors (Lipinski definition) is 2. The Bertz CT molecular complexity index is 1400. The first-order valence-electron chi connectivity index (χ1n) is 9.92. The largest absolute Gasteiger partial charge is 0.329 e. The lowest BCUT2D eigenvalue weighted by Gasteiger charge is -2.21. The summed E-state index contributed by atoms with van der Waals surface area (Å²) in [7, 11) is 0. The molecule has 0 aliphatic rings. The van der Waals surface area contributed by atoms with E-state index in [4.69, 9.17) is 23.2 Å². The Morgan fingerprint density at radius 1 is 1.19 bits per heavy atom. The first-order chi connectivity index (χ1) is 15.4. The fourth-order valence-electron chi connectivity index (χ4n) is 3.48. The number of aromatic nitrogens is 3. The molecule has 0 aliphatic heterocycles. The zero-order valence-corrected chi connectivity index (χ0v) is 18.6. The van der Waals surface area contributed by atoms with E-state index in [2.05, 4.69) is 15.4 Å². The molecule has 2 amide bonds. The SMILES string of the molecule is CCCN(CC(=O)Nc1ccc(Cl)cc1Cl)C(=O)c1cnn2c1[nH]c(=O)c1ccccc12.